The number of hydrogen-bond acceptors (Lipinski definition) is 4. The minimum atomic E-state index is -1.56. The fourth-order valence-electron chi connectivity index (χ4n) is 2.24. The molecule has 2 rings (SSSR count). The summed E-state index contributed by atoms with van der Waals surface area (Å²) < 4.78 is 5.09. The quantitative estimate of drug-likeness (QED) is 0.639. The number of carbonyl (C=O) groups excluding carboxylic acids is 2. The molecule has 0 fully saturated rings. The molecule has 1 aromatic rings. The molecule has 1 aromatic carbocycles. The van der Waals surface area contributed by atoms with Gasteiger partial charge >= 0.3 is 5.97 Å². The van der Waals surface area contributed by atoms with Gasteiger partial charge in [-0.05, 0) is 24.5 Å². The van der Waals surface area contributed by atoms with Gasteiger partial charge in [-0.2, -0.15) is 0 Å². The third kappa shape index (κ3) is 1.88. The lowest BCUT2D eigenvalue weighted by Crippen LogP contribution is -2.34. The van der Waals surface area contributed by atoms with Crippen molar-refractivity contribution in [1.82, 2.24) is 0 Å². The van der Waals surface area contributed by atoms with E-state index in [0.717, 1.165) is 5.56 Å². The molecule has 18 heavy (non-hydrogen) atoms. The second kappa shape index (κ2) is 4.60. The number of carboxylic acid groups (broad SMARTS) is 1. The van der Waals surface area contributed by atoms with Gasteiger partial charge in [0, 0.05) is 0 Å². The summed E-state index contributed by atoms with van der Waals surface area (Å²) >= 11 is 0. The maximum Gasteiger partial charge on any atom is 0.372 e. The standard InChI is InChI=1S/C13H12O5/c1-18-9-4-2-3-7-5-6-8(11(14)10(7)9)12(15)13(16)17/h2-4,8H,5-6H2,1H3,(H,16,17). The van der Waals surface area contributed by atoms with Gasteiger partial charge in [0.2, 0.25) is 0 Å². The highest BCUT2D eigenvalue weighted by Gasteiger charge is 2.37. The topological polar surface area (TPSA) is 80.7 Å². The van der Waals surface area contributed by atoms with Crippen LogP contribution in [0.2, 0.25) is 0 Å². The van der Waals surface area contributed by atoms with Gasteiger partial charge in [-0.25, -0.2) is 4.79 Å². The molecular weight excluding hydrogens is 236 g/mol. The van der Waals surface area contributed by atoms with Gasteiger partial charge in [-0.15, -0.1) is 0 Å². The zero-order valence-electron chi connectivity index (χ0n) is 9.80. The van der Waals surface area contributed by atoms with Gasteiger partial charge in [0.1, 0.15) is 5.75 Å². The Labute approximate surface area is 103 Å². The van der Waals surface area contributed by atoms with Gasteiger partial charge in [0.15, 0.2) is 5.78 Å². The van der Waals surface area contributed by atoms with Crippen LogP contribution in [-0.4, -0.2) is 29.8 Å². The van der Waals surface area contributed by atoms with Crippen LogP contribution in [0.5, 0.6) is 5.75 Å². The Bertz CT molecular complexity index is 518. The number of ether oxygens (including phenoxy) is 1. The molecule has 0 heterocycles. The Hall–Kier alpha value is -2.17. The summed E-state index contributed by atoms with van der Waals surface area (Å²) in [6.07, 6.45) is 0.742. The minimum Gasteiger partial charge on any atom is -0.496 e. The van der Waals surface area contributed by atoms with E-state index in [9.17, 15) is 14.4 Å². The molecule has 1 unspecified atom stereocenters. The first kappa shape index (κ1) is 12.3. The first-order chi connectivity index (χ1) is 8.56. The molecule has 0 saturated heterocycles. The van der Waals surface area contributed by atoms with Crippen LogP contribution < -0.4 is 4.74 Å². The molecule has 5 nitrogen and oxygen atoms in total. The predicted molar refractivity (Wildman–Crippen MR) is 61.8 cm³/mol. The van der Waals surface area contributed by atoms with Gasteiger partial charge in [0.25, 0.3) is 5.78 Å². The number of benzene rings is 1. The average molecular weight is 248 g/mol. The first-order valence-electron chi connectivity index (χ1n) is 5.53. The molecule has 1 aliphatic carbocycles. The van der Waals surface area contributed by atoms with Crippen molar-refractivity contribution < 1.29 is 24.2 Å². The molecule has 1 aliphatic rings. The SMILES string of the molecule is COc1cccc2c1C(=O)C(C(=O)C(=O)O)CC2. The number of methoxy groups -OCH3 is 1. The maximum absolute atomic E-state index is 12.2. The Kier molecular flexibility index (Phi) is 3.14. The molecular formula is C13H12O5. The zero-order chi connectivity index (χ0) is 13.3. The summed E-state index contributed by atoms with van der Waals surface area (Å²) in [4.78, 5) is 34.3. The van der Waals surface area contributed by atoms with E-state index >= 15 is 0 Å². The molecule has 0 aromatic heterocycles. The van der Waals surface area contributed by atoms with Crippen molar-refractivity contribution in [3.8, 4) is 5.75 Å². The molecule has 0 radical (unpaired) electrons. The summed E-state index contributed by atoms with van der Waals surface area (Å²) in [5, 5.41) is 8.69. The van der Waals surface area contributed by atoms with Crippen LogP contribution in [0.25, 0.3) is 0 Å². The Balaban J connectivity index is 2.44. The van der Waals surface area contributed by atoms with E-state index in [1.165, 1.54) is 7.11 Å². The van der Waals surface area contributed by atoms with E-state index in [1.54, 1.807) is 18.2 Å². The monoisotopic (exact) mass is 248 g/mol. The summed E-state index contributed by atoms with van der Waals surface area (Å²) in [7, 11) is 1.44. The van der Waals surface area contributed by atoms with E-state index in [4.69, 9.17) is 9.84 Å². The minimum absolute atomic E-state index is 0.240. The number of carboxylic acids is 1. The number of ketones is 2. The maximum atomic E-state index is 12.2. The second-order valence-corrected chi connectivity index (χ2v) is 4.12. The van der Waals surface area contributed by atoms with Crippen LogP contribution in [-0.2, 0) is 16.0 Å². The number of fused-ring (bicyclic) bond motifs is 1. The van der Waals surface area contributed by atoms with Gasteiger partial charge in [-0.3, -0.25) is 9.59 Å². The summed E-state index contributed by atoms with van der Waals surface area (Å²) in [6.45, 7) is 0. The van der Waals surface area contributed by atoms with Crippen LogP contribution in [0, 0.1) is 5.92 Å². The fraction of sp³-hybridized carbons (Fsp3) is 0.308. The fourth-order valence-corrected chi connectivity index (χ4v) is 2.24. The number of Topliss-reactive ketones (excluding diaryl/α,β-unsaturated/α-hetero) is 2. The van der Waals surface area contributed by atoms with Gasteiger partial charge in [-0.1, -0.05) is 12.1 Å². The van der Waals surface area contributed by atoms with E-state index < -0.39 is 23.5 Å². The molecule has 1 N–H and O–H groups in total. The molecule has 0 amide bonds. The van der Waals surface area contributed by atoms with Crippen LogP contribution in [0.4, 0.5) is 0 Å². The van der Waals surface area contributed by atoms with Gasteiger partial charge in [0.05, 0.1) is 18.6 Å². The van der Waals surface area contributed by atoms with Crippen molar-refractivity contribution in [3.05, 3.63) is 29.3 Å². The van der Waals surface area contributed by atoms with E-state index in [2.05, 4.69) is 0 Å². The van der Waals surface area contributed by atoms with Crippen molar-refractivity contribution >= 4 is 17.5 Å². The number of hydrogen-bond donors (Lipinski definition) is 1. The molecule has 0 bridgehead atoms. The van der Waals surface area contributed by atoms with Gasteiger partial charge < -0.3 is 9.84 Å². The smallest absolute Gasteiger partial charge is 0.372 e. The predicted octanol–water partition coefficient (Wildman–Crippen LogP) is 1.09. The molecule has 94 valence electrons. The molecule has 5 heteroatoms. The summed E-state index contributed by atoms with van der Waals surface area (Å²) in [5.74, 6) is -3.77. The van der Waals surface area contributed by atoms with Crippen LogP contribution in [0.3, 0.4) is 0 Å². The molecule has 1 atom stereocenters. The molecule has 0 saturated carbocycles. The largest absolute Gasteiger partial charge is 0.496 e. The zero-order valence-corrected chi connectivity index (χ0v) is 9.80. The highest BCUT2D eigenvalue weighted by Crippen LogP contribution is 2.32. The molecule has 0 aliphatic heterocycles. The lowest BCUT2D eigenvalue weighted by atomic mass is 9.80. The summed E-state index contributed by atoms with van der Waals surface area (Å²) in [6, 6.07) is 5.19. The highest BCUT2D eigenvalue weighted by molar-refractivity contribution is 6.39. The number of carbonyl (C=O) groups is 3. The molecule has 0 spiro atoms. The van der Waals surface area contributed by atoms with Crippen molar-refractivity contribution in [2.24, 2.45) is 5.92 Å². The van der Waals surface area contributed by atoms with Crippen LogP contribution in [0.15, 0.2) is 18.2 Å². The van der Waals surface area contributed by atoms with E-state index in [1.807, 2.05) is 0 Å². The number of aliphatic carboxylic acids is 1. The Morgan fingerprint density at radius 1 is 1.39 bits per heavy atom. The third-order valence-corrected chi connectivity index (χ3v) is 3.12. The number of rotatable bonds is 3. The van der Waals surface area contributed by atoms with E-state index in [-0.39, 0.29) is 6.42 Å². The third-order valence-electron chi connectivity index (χ3n) is 3.12. The normalized spacial score (nSPS) is 18.1. The summed E-state index contributed by atoms with van der Waals surface area (Å²) in [5.41, 5.74) is 1.14. The van der Waals surface area contributed by atoms with Crippen molar-refractivity contribution in [2.75, 3.05) is 7.11 Å². The Morgan fingerprint density at radius 3 is 2.72 bits per heavy atom. The first-order valence-corrected chi connectivity index (χ1v) is 5.53. The average Bonchev–Trinajstić information content (AvgIpc) is 2.37. The van der Waals surface area contributed by atoms with Crippen LogP contribution in [0.1, 0.15) is 22.3 Å². The van der Waals surface area contributed by atoms with E-state index in [0.29, 0.717) is 17.7 Å². The van der Waals surface area contributed by atoms with Crippen LogP contribution >= 0.6 is 0 Å². The van der Waals surface area contributed by atoms with Crippen molar-refractivity contribution in [3.63, 3.8) is 0 Å². The number of aryl methyl sites for hydroxylation is 1. The lowest BCUT2D eigenvalue weighted by molar-refractivity contribution is -0.150. The second-order valence-electron chi connectivity index (χ2n) is 4.12. The highest BCUT2D eigenvalue weighted by atomic mass is 16.5. The van der Waals surface area contributed by atoms with Crippen molar-refractivity contribution in [1.29, 1.82) is 0 Å². The van der Waals surface area contributed by atoms with Crippen molar-refractivity contribution in [2.45, 2.75) is 12.8 Å². The Morgan fingerprint density at radius 2 is 2.11 bits per heavy atom. The lowest BCUT2D eigenvalue weighted by Gasteiger charge is -2.22.